The van der Waals surface area contributed by atoms with Crippen molar-refractivity contribution >= 4 is 23.2 Å². The normalized spacial score (nSPS) is 15.3. The number of benzene rings is 3. The van der Waals surface area contributed by atoms with Gasteiger partial charge in [0.15, 0.2) is 5.78 Å². The van der Waals surface area contributed by atoms with Crippen molar-refractivity contribution in [3.05, 3.63) is 94.0 Å². The van der Waals surface area contributed by atoms with Crippen LogP contribution >= 0.6 is 0 Å². The highest BCUT2D eigenvalue weighted by molar-refractivity contribution is 6.46. The molecule has 244 valence electrons. The standard InChI is InChI=1S/C38H45NO3.C2H4O2/c1-4-6-21-38(22-7-5-2)33-24-28(36(40)30-16-12-11-13-26(30)3)17-19-31(33)32-20-18-29(25-34(32)38)37(41)35(39-42)23-27-14-9-8-10-15-27;1-2(3)4/h11-13,16-20,24-25,27,42H,4-10,14-15,21-23H2,1-3H3;1H3,(H,3,4). The second-order valence-corrected chi connectivity index (χ2v) is 13.1. The number of unbranched alkanes of at least 4 members (excludes halogenated alkanes) is 2. The minimum Gasteiger partial charge on any atom is -0.481 e. The molecule has 3 aromatic rings. The zero-order valence-corrected chi connectivity index (χ0v) is 27.9. The summed E-state index contributed by atoms with van der Waals surface area (Å²) in [5, 5.41) is 20.8. The van der Waals surface area contributed by atoms with Gasteiger partial charge in [0, 0.05) is 29.0 Å². The van der Waals surface area contributed by atoms with Gasteiger partial charge >= 0.3 is 0 Å². The molecule has 5 rings (SSSR count). The van der Waals surface area contributed by atoms with Gasteiger partial charge in [-0.1, -0.05) is 125 Å². The molecule has 2 N–H and O–H groups in total. The van der Waals surface area contributed by atoms with Crippen LogP contribution in [0.2, 0.25) is 0 Å². The Labute approximate surface area is 273 Å². The quantitative estimate of drug-likeness (QED) is 0.0904. The molecule has 2 aliphatic rings. The van der Waals surface area contributed by atoms with Crippen molar-refractivity contribution < 1.29 is 24.7 Å². The lowest BCUT2D eigenvalue weighted by Crippen LogP contribution is -2.27. The summed E-state index contributed by atoms with van der Waals surface area (Å²) in [7, 11) is 0. The Bertz CT molecular complexity index is 1570. The molecule has 3 aromatic carbocycles. The molecule has 0 bridgehead atoms. The minimum absolute atomic E-state index is 0.0501. The summed E-state index contributed by atoms with van der Waals surface area (Å²) >= 11 is 0. The number of ketones is 2. The van der Waals surface area contributed by atoms with Crippen LogP contribution in [0.15, 0.2) is 65.8 Å². The van der Waals surface area contributed by atoms with Gasteiger partial charge in [0.1, 0.15) is 5.71 Å². The predicted octanol–water partition coefficient (Wildman–Crippen LogP) is 9.95. The molecule has 0 saturated heterocycles. The molecule has 46 heavy (non-hydrogen) atoms. The molecule has 1 saturated carbocycles. The van der Waals surface area contributed by atoms with Gasteiger partial charge in [-0.05, 0) is 72.1 Å². The summed E-state index contributed by atoms with van der Waals surface area (Å²) in [5.74, 6) is -0.545. The van der Waals surface area contributed by atoms with Gasteiger partial charge in [0.2, 0.25) is 5.78 Å². The second kappa shape index (κ2) is 16.0. The number of aryl methyl sites for hydroxylation is 1. The maximum atomic E-state index is 13.8. The highest BCUT2D eigenvalue weighted by atomic mass is 16.4. The lowest BCUT2D eigenvalue weighted by atomic mass is 9.70. The van der Waals surface area contributed by atoms with Gasteiger partial charge in [0.05, 0.1) is 0 Å². The molecule has 0 amide bonds. The number of carboxylic acids is 1. The van der Waals surface area contributed by atoms with E-state index in [2.05, 4.69) is 43.3 Å². The number of hydrogen-bond acceptors (Lipinski definition) is 5. The summed E-state index contributed by atoms with van der Waals surface area (Å²) < 4.78 is 0. The Hall–Kier alpha value is -4.06. The molecule has 0 unspecified atom stereocenters. The Morgan fingerprint density at radius 2 is 1.37 bits per heavy atom. The van der Waals surface area contributed by atoms with Gasteiger partial charge in [-0.2, -0.15) is 0 Å². The number of carboxylic acid groups (broad SMARTS) is 1. The first-order valence-electron chi connectivity index (χ1n) is 17.0. The summed E-state index contributed by atoms with van der Waals surface area (Å²) in [6, 6.07) is 20.1. The molecule has 0 radical (unpaired) electrons. The molecule has 6 nitrogen and oxygen atoms in total. The van der Waals surface area contributed by atoms with E-state index >= 15 is 0 Å². The summed E-state index contributed by atoms with van der Waals surface area (Å²) in [4.78, 5) is 36.5. The number of hydrogen-bond donors (Lipinski definition) is 2. The summed E-state index contributed by atoms with van der Waals surface area (Å²) in [5.41, 5.74) is 7.74. The number of Topliss-reactive ketones (excluding diaryl/α,β-unsaturated/α-hetero) is 1. The third kappa shape index (κ3) is 7.66. The van der Waals surface area contributed by atoms with Crippen LogP contribution in [-0.2, 0) is 10.2 Å². The number of carbonyl (C=O) groups excluding carboxylic acids is 2. The molecular weight excluding hydrogens is 574 g/mol. The molecular formula is C40H49NO5. The fraction of sp³-hybridized carbons (Fsp3) is 0.450. The van der Waals surface area contributed by atoms with Gasteiger partial charge in [-0.15, -0.1) is 0 Å². The first-order chi connectivity index (χ1) is 22.2. The molecule has 0 atom stereocenters. The van der Waals surface area contributed by atoms with Gasteiger partial charge < -0.3 is 10.3 Å². The van der Waals surface area contributed by atoms with Crippen LogP contribution in [0.5, 0.6) is 0 Å². The summed E-state index contributed by atoms with van der Waals surface area (Å²) in [6.07, 6.45) is 12.5. The molecule has 6 heteroatoms. The Balaban J connectivity index is 0.00000113. The average molecular weight is 624 g/mol. The lowest BCUT2D eigenvalue weighted by molar-refractivity contribution is -0.134. The largest absolute Gasteiger partial charge is 0.481 e. The average Bonchev–Trinajstić information content (AvgIpc) is 3.33. The highest BCUT2D eigenvalue weighted by Crippen LogP contribution is 2.54. The molecule has 1 fully saturated rings. The summed E-state index contributed by atoms with van der Waals surface area (Å²) in [6.45, 7) is 7.51. The molecule has 0 heterocycles. The number of carbonyl (C=O) groups is 3. The Morgan fingerprint density at radius 1 is 0.826 bits per heavy atom. The van der Waals surface area contributed by atoms with E-state index < -0.39 is 5.97 Å². The van der Waals surface area contributed by atoms with Crippen molar-refractivity contribution in [1.29, 1.82) is 0 Å². The Morgan fingerprint density at radius 3 is 1.91 bits per heavy atom. The highest BCUT2D eigenvalue weighted by Gasteiger charge is 2.43. The van der Waals surface area contributed by atoms with E-state index in [1.807, 2.05) is 43.3 Å². The van der Waals surface area contributed by atoms with Gasteiger partial charge in [-0.3, -0.25) is 14.4 Å². The van der Waals surface area contributed by atoms with E-state index in [-0.39, 0.29) is 22.7 Å². The SMILES string of the molecule is CC(=O)O.CCCCC1(CCCC)c2cc(C(=O)C(CC3CCCCC3)=NO)ccc2-c2ccc(C(=O)c3ccccc3C)cc21. The number of nitrogens with zero attached hydrogens (tertiary/aromatic N) is 1. The zero-order chi connectivity index (χ0) is 33.3. The fourth-order valence-corrected chi connectivity index (χ4v) is 7.39. The van der Waals surface area contributed by atoms with Crippen molar-refractivity contribution in [3.63, 3.8) is 0 Å². The number of rotatable bonds is 12. The maximum absolute atomic E-state index is 13.8. The monoisotopic (exact) mass is 623 g/mol. The van der Waals surface area contributed by atoms with Crippen molar-refractivity contribution in [3.8, 4) is 11.1 Å². The molecule has 0 aliphatic heterocycles. The van der Waals surface area contributed by atoms with E-state index in [1.165, 1.54) is 30.4 Å². The smallest absolute Gasteiger partial charge is 0.300 e. The van der Waals surface area contributed by atoms with Crippen molar-refractivity contribution in [2.24, 2.45) is 11.1 Å². The van der Waals surface area contributed by atoms with Crippen LogP contribution in [0.25, 0.3) is 11.1 Å². The Kier molecular flexibility index (Phi) is 12.1. The third-order valence-electron chi connectivity index (χ3n) is 9.78. The van der Waals surface area contributed by atoms with Crippen LogP contribution in [-0.4, -0.2) is 33.6 Å². The van der Waals surface area contributed by atoms with E-state index in [0.717, 1.165) is 80.5 Å². The van der Waals surface area contributed by atoms with Crippen molar-refractivity contribution in [1.82, 2.24) is 0 Å². The number of fused-ring (bicyclic) bond motifs is 3. The second-order valence-electron chi connectivity index (χ2n) is 13.1. The van der Waals surface area contributed by atoms with Gasteiger partial charge in [0.25, 0.3) is 5.97 Å². The molecule has 0 aromatic heterocycles. The number of aliphatic carboxylic acids is 1. The lowest BCUT2D eigenvalue weighted by Gasteiger charge is -2.33. The maximum Gasteiger partial charge on any atom is 0.300 e. The van der Waals surface area contributed by atoms with Crippen LogP contribution < -0.4 is 0 Å². The van der Waals surface area contributed by atoms with E-state index in [1.54, 1.807) is 0 Å². The van der Waals surface area contributed by atoms with Crippen LogP contribution in [0, 0.1) is 12.8 Å². The number of oxime groups is 1. The molecule has 2 aliphatic carbocycles. The zero-order valence-electron chi connectivity index (χ0n) is 27.9. The van der Waals surface area contributed by atoms with Crippen LogP contribution in [0.4, 0.5) is 0 Å². The van der Waals surface area contributed by atoms with Crippen molar-refractivity contribution in [2.45, 2.75) is 110 Å². The first-order valence-corrected chi connectivity index (χ1v) is 17.0. The first kappa shape index (κ1) is 34.8. The van der Waals surface area contributed by atoms with Crippen LogP contribution in [0.1, 0.15) is 141 Å². The van der Waals surface area contributed by atoms with Crippen LogP contribution in [0.3, 0.4) is 0 Å². The van der Waals surface area contributed by atoms with Crippen molar-refractivity contribution in [2.75, 3.05) is 0 Å². The predicted molar refractivity (Wildman–Crippen MR) is 184 cm³/mol. The third-order valence-corrected chi connectivity index (χ3v) is 9.78. The van der Waals surface area contributed by atoms with Gasteiger partial charge in [-0.25, -0.2) is 0 Å². The topological polar surface area (TPSA) is 104 Å². The van der Waals surface area contributed by atoms with E-state index in [9.17, 15) is 14.8 Å². The van der Waals surface area contributed by atoms with E-state index in [0.29, 0.717) is 23.5 Å². The fourth-order valence-electron chi connectivity index (χ4n) is 7.39. The van der Waals surface area contributed by atoms with E-state index in [4.69, 9.17) is 9.90 Å². The molecule has 0 spiro atoms. The minimum atomic E-state index is -0.833.